The Hall–Kier alpha value is -0.320. The molecular formula is C12H17IN2. The van der Waals surface area contributed by atoms with E-state index in [0.29, 0.717) is 0 Å². The van der Waals surface area contributed by atoms with Gasteiger partial charge < -0.3 is 4.90 Å². The first-order valence-electron chi connectivity index (χ1n) is 5.51. The Morgan fingerprint density at radius 2 is 2.00 bits per heavy atom. The summed E-state index contributed by atoms with van der Waals surface area (Å²) in [5.41, 5.74) is 0. The van der Waals surface area contributed by atoms with E-state index in [0.717, 1.165) is 30.7 Å². The van der Waals surface area contributed by atoms with Crippen LogP contribution in [0.2, 0.25) is 0 Å². The summed E-state index contributed by atoms with van der Waals surface area (Å²) in [6.45, 7) is 6.96. The number of hydrogen-bond acceptors (Lipinski definition) is 2. The SMILES string of the molecule is C[C@@H]1C[C@H](C)CN(c2cc(I)ccn2)C1. The smallest absolute Gasteiger partial charge is 0.129 e. The molecule has 1 aliphatic heterocycles. The Morgan fingerprint density at radius 3 is 2.60 bits per heavy atom. The molecule has 82 valence electrons. The van der Waals surface area contributed by atoms with Gasteiger partial charge in [0.1, 0.15) is 5.82 Å². The Labute approximate surface area is 105 Å². The summed E-state index contributed by atoms with van der Waals surface area (Å²) < 4.78 is 1.27. The lowest BCUT2D eigenvalue weighted by molar-refractivity contribution is 0.355. The van der Waals surface area contributed by atoms with Gasteiger partial charge in [-0.3, -0.25) is 0 Å². The van der Waals surface area contributed by atoms with E-state index in [-0.39, 0.29) is 0 Å². The van der Waals surface area contributed by atoms with Crippen molar-refractivity contribution in [3.8, 4) is 0 Å². The zero-order valence-corrected chi connectivity index (χ0v) is 11.4. The molecule has 1 fully saturated rings. The Bertz CT molecular complexity index is 330. The van der Waals surface area contributed by atoms with Gasteiger partial charge in [0.05, 0.1) is 0 Å². The quantitative estimate of drug-likeness (QED) is 0.740. The number of anilines is 1. The van der Waals surface area contributed by atoms with Crippen molar-refractivity contribution >= 4 is 28.4 Å². The lowest BCUT2D eigenvalue weighted by Crippen LogP contribution is -2.39. The topological polar surface area (TPSA) is 16.1 Å². The van der Waals surface area contributed by atoms with Crippen molar-refractivity contribution in [2.75, 3.05) is 18.0 Å². The largest absolute Gasteiger partial charge is 0.356 e. The summed E-state index contributed by atoms with van der Waals surface area (Å²) in [5.74, 6) is 2.71. The molecule has 1 saturated heterocycles. The highest BCUT2D eigenvalue weighted by molar-refractivity contribution is 14.1. The highest BCUT2D eigenvalue weighted by atomic mass is 127. The first-order valence-corrected chi connectivity index (χ1v) is 6.59. The second-order valence-corrected chi connectivity index (χ2v) is 5.93. The van der Waals surface area contributed by atoms with Gasteiger partial charge in [-0.2, -0.15) is 0 Å². The van der Waals surface area contributed by atoms with Crippen LogP contribution in [0.5, 0.6) is 0 Å². The monoisotopic (exact) mass is 316 g/mol. The molecule has 0 aromatic carbocycles. The van der Waals surface area contributed by atoms with E-state index in [4.69, 9.17) is 0 Å². The minimum Gasteiger partial charge on any atom is -0.356 e. The first-order chi connectivity index (χ1) is 7.15. The van der Waals surface area contributed by atoms with Crippen LogP contribution in [0.4, 0.5) is 5.82 Å². The lowest BCUT2D eigenvalue weighted by atomic mass is 9.92. The van der Waals surface area contributed by atoms with Gasteiger partial charge in [0.2, 0.25) is 0 Å². The number of nitrogens with zero attached hydrogens (tertiary/aromatic N) is 2. The van der Waals surface area contributed by atoms with Gasteiger partial charge in [-0.25, -0.2) is 4.98 Å². The van der Waals surface area contributed by atoms with Crippen molar-refractivity contribution in [1.82, 2.24) is 4.98 Å². The number of rotatable bonds is 1. The van der Waals surface area contributed by atoms with Gasteiger partial charge >= 0.3 is 0 Å². The molecule has 2 rings (SSSR count). The molecule has 0 aliphatic carbocycles. The minimum absolute atomic E-state index is 0.786. The van der Waals surface area contributed by atoms with E-state index in [1.54, 1.807) is 0 Å². The van der Waals surface area contributed by atoms with E-state index in [2.05, 4.69) is 52.4 Å². The summed E-state index contributed by atoms with van der Waals surface area (Å²) in [5, 5.41) is 0. The van der Waals surface area contributed by atoms with E-state index in [1.807, 2.05) is 12.3 Å². The third-order valence-electron chi connectivity index (χ3n) is 2.90. The van der Waals surface area contributed by atoms with Crippen LogP contribution in [0.3, 0.4) is 0 Å². The number of hydrogen-bond donors (Lipinski definition) is 0. The summed E-state index contributed by atoms with van der Waals surface area (Å²) in [7, 11) is 0. The summed E-state index contributed by atoms with van der Waals surface area (Å²) >= 11 is 2.35. The van der Waals surface area contributed by atoms with Crippen molar-refractivity contribution in [2.24, 2.45) is 11.8 Å². The molecular weight excluding hydrogens is 299 g/mol. The second-order valence-electron chi connectivity index (χ2n) is 4.68. The summed E-state index contributed by atoms with van der Waals surface area (Å²) in [6.07, 6.45) is 3.25. The number of aromatic nitrogens is 1. The van der Waals surface area contributed by atoms with Crippen LogP contribution in [-0.4, -0.2) is 18.1 Å². The molecule has 0 N–H and O–H groups in total. The maximum absolute atomic E-state index is 4.45. The molecule has 0 unspecified atom stereocenters. The molecule has 0 amide bonds. The van der Waals surface area contributed by atoms with Crippen molar-refractivity contribution in [3.05, 3.63) is 21.9 Å². The van der Waals surface area contributed by atoms with Gasteiger partial charge in [0.15, 0.2) is 0 Å². The Balaban J connectivity index is 2.16. The molecule has 15 heavy (non-hydrogen) atoms. The molecule has 2 atom stereocenters. The molecule has 0 bridgehead atoms. The molecule has 1 aromatic heterocycles. The predicted molar refractivity (Wildman–Crippen MR) is 72.1 cm³/mol. The zero-order valence-electron chi connectivity index (χ0n) is 9.28. The van der Waals surface area contributed by atoms with Crippen LogP contribution < -0.4 is 4.90 Å². The van der Waals surface area contributed by atoms with Crippen LogP contribution in [0.15, 0.2) is 18.3 Å². The van der Waals surface area contributed by atoms with Gasteiger partial charge in [0.25, 0.3) is 0 Å². The molecule has 2 nitrogen and oxygen atoms in total. The molecule has 0 saturated carbocycles. The molecule has 0 radical (unpaired) electrons. The third kappa shape index (κ3) is 2.83. The fourth-order valence-electron chi connectivity index (χ4n) is 2.42. The normalized spacial score (nSPS) is 26.7. The Morgan fingerprint density at radius 1 is 1.33 bits per heavy atom. The molecule has 3 heteroatoms. The van der Waals surface area contributed by atoms with Crippen LogP contribution in [0, 0.1) is 15.4 Å². The number of pyridine rings is 1. The van der Waals surface area contributed by atoms with Gasteiger partial charge in [-0.1, -0.05) is 13.8 Å². The van der Waals surface area contributed by atoms with Crippen LogP contribution in [0.25, 0.3) is 0 Å². The van der Waals surface area contributed by atoms with Crippen molar-refractivity contribution < 1.29 is 0 Å². The highest BCUT2D eigenvalue weighted by Crippen LogP contribution is 2.25. The fourth-order valence-corrected chi connectivity index (χ4v) is 2.86. The van der Waals surface area contributed by atoms with E-state index < -0.39 is 0 Å². The van der Waals surface area contributed by atoms with Crippen molar-refractivity contribution in [2.45, 2.75) is 20.3 Å². The van der Waals surface area contributed by atoms with E-state index >= 15 is 0 Å². The molecule has 1 aliphatic rings. The second kappa shape index (κ2) is 4.68. The average Bonchev–Trinajstić information content (AvgIpc) is 2.16. The molecule has 1 aromatic rings. The standard InChI is InChI=1S/C12H17IN2/c1-9-5-10(2)8-15(7-9)12-6-11(13)3-4-14-12/h3-4,6,9-10H,5,7-8H2,1-2H3/t9-,10+. The van der Waals surface area contributed by atoms with E-state index in [9.17, 15) is 0 Å². The minimum atomic E-state index is 0.786. The van der Waals surface area contributed by atoms with Crippen molar-refractivity contribution in [3.63, 3.8) is 0 Å². The zero-order chi connectivity index (χ0) is 10.8. The van der Waals surface area contributed by atoms with Crippen LogP contribution >= 0.6 is 22.6 Å². The van der Waals surface area contributed by atoms with Gasteiger partial charge in [0, 0.05) is 22.9 Å². The van der Waals surface area contributed by atoms with Gasteiger partial charge in [-0.05, 0) is 53.0 Å². The Kier molecular flexibility index (Phi) is 3.49. The number of piperidine rings is 1. The third-order valence-corrected chi connectivity index (χ3v) is 3.57. The first kappa shape index (κ1) is 11.2. The summed E-state index contributed by atoms with van der Waals surface area (Å²) in [6, 6.07) is 4.21. The average molecular weight is 316 g/mol. The van der Waals surface area contributed by atoms with E-state index in [1.165, 1.54) is 9.99 Å². The maximum Gasteiger partial charge on any atom is 0.129 e. The lowest BCUT2D eigenvalue weighted by Gasteiger charge is -2.35. The maximum atomic E-state index is 4.45. The highest BCUT2D eigenvalue weighted by Gasteiger charge is 2.22. The molecule has 0 spiro atoms. The molecule has 2 heterocycles. The van der Waals surface area contributed by atoms with Crippen molar-refractivity contribution in [1.29, 1.82) is 0 Å². The fraction of sp³-hybridized carbons (Fsp3) is 0.583. The van der Waals surface area contributed by atoms with Crippen LogP contribution in [-0.2, 0) is 0 Å². The van der Waals surface area contributed by atoms with Crippen LogP contribution in [0.1, 0.15) is 20.3 Å². The number of halogens is 1. The van der Waals surface area contributed by atoms with Gasteiger partial charge in [-0.15, -0.1) is 0 Å². The predicted octanol–water partition coefficient (Wildman–Crippen LogP) is 3.17. The summed E-state index contributed by atoms with van der Waals surface area (Å²) in [4.78, 5) is 6.87.